The molecule has 0 amide bonds. The highest BCUT2D eigenvalue weighted by atomic mass is 16.5. The van der Waals surface area contributed by atoms with Gasteiger partial charge in [-0.3, -0.25) is 4.79 Å². The Bertz CT molecular complexity index is 675. The molecular weight excluding hydrogens is 250 g/mol. The smallest absolute Gasteiger partial charge is 0.193 e. The lowest BCUT2D eigenvalue weighted by atomic mass is 9.91. The van der Waals surface area contributed by atoms with E-state index in [2.05, 4.69) is 0 Å². The van der Waals surface area contributed by atoms with Crippen LogP contribution in [0.25, 0.3) is 0 Å². The summed E-state index contributed by atoms with van der Waals surface area (Å²) in [4.78, 5) is 12.7. The molecule has 0 aliphatic carbocycles. The summed E-state index contributed by atoms with van der Waals surface area (Å²) >= 11 is 0. The number of hydrogen-bond acceptors (Lipinski definition) is 3. The number of methoxy groups -OCH3 is 1. The molecule has 0 aliphatic rings. The summed E-state index contributed by atoms with van der Waals surface area (Å²) in [7, 11) is 1.64. The number of nitrogens with two attached hydrogens (primary N) is 1. The Kier molecular flexibility index (Phi) is 3.79. The van der Waals surface area contributed by atoms with Crippen molar-refractivity contribution in [1.29, 1.82) is 0 Å². The summed E-state index contributed by atoms with van der Waals surface area (Å²) in [6, 6.07) is 8.97. The van der Waals surface area contributed by atoms with Crippen molar-refractivity contribution >= 4 is 11.5 Å². The van der Waals surface area contributed by atoms with Crippen LogP contribution in [0.5, 0.6) is 5.75 Å². The van der Waals surface area contributed by atoms with Gasteiger partial charge in [0.15, 0.2) is 5.78 Å². The zero-order valence-electron chi connectivity index (χ0n) is 12.3. The Hall–Kier alpha value is -2.29. The second-order valence-corrected chi connectivity index (χ2v) is 4.98. The molecule has 0 saturated heterocycles. The van der Waals surface area contributed by atoms with E-state index < -0.39 is 0 Å². The van der Waals surface area contributed by atoms with Gasteiger partial charge in [-0.1, -0.05) is 12.1 Å². The van der Waals surface area contributed by atoms with Crippen molar-refractivity contribution in [1.82, 2.24) is 0 Å². The van der Waals surface area contributed by atoms with Crippen LogP contribution >= 0.6 is 0 Å². The van der Waals surface area contributed by atoms with Crippen molar-refractivity contribution in [3.63, 3.8) is 0 Å². The minimum atomic E-state index is -0.00180. The number of benzene rings is 2. The quantitative estimate of drug-likeness (QED) is 0.686. The zero-order valence-corrected chi connectivity index (χ0v) is 12.3. The second-order valence-electron chi connectivity index (χ2n) is 4.98. The van der Waals surface area contributed by atoms with Gasteiger partial charge in [0.05, 0.1) is 7.11 Å². The number of rotatable bonds is 3. The third kappa shape index (κ3) is 2.39. The number of carbonyl (C=O) groups excluding carboxylic acids is 1. The molecule has 0 aromatic heterocycles. The van der Waals surface area contributed by atoms with E-state index in [9.17, 15) is 4.79 Å². The van der Waals surface area contributed by atoms with Gasteiger partial charge in [-0.05, 0) is 55.7 Å². The molecule has 3 nitrogen and oxygen atoms in total. The minimum absolute atomic E-state index is 0.00180. The fourth-order valence-electron chi connectivity index (χ4n) is 2.43. The maximum atomic E-state index is 12.7. The molecule has 0 saturated carbocycles. The number of ketones is 1. The lowest BCUT2D eigenvalue weighted by Crippen LogP contribution is -2.09. The Balaban J connectivity index is 2.58. The fraction of sp³-hybridized carbons (Fsp3) is 0.235. The van der Waals surface area contributed by atoms with Crippen LogP contribution in [-0.2, 0) is 0 Å². The van der Waals surface area contributed by atoms with Gasteiger partial charge in [-0.2, -0.15) is 0 Å². The van der Waals surface area contributed by atoms with Crippen LogP contribution in [0.15, 0.2) is 30.3 Å². The van der Waals surface area contributed by atoms with E-state index in [0.29, 0.717) is 11.3 Å². The largest absolute Gasteiger partial charge is 0.496 e. The summed E-state index contributed by atoms with van der Waals surface area (Å²) in [5, 5.41) is 0. The molecule has 3 heteroatoms. The Morgan fingerprint density at radius 1 is 1.10 bits per heavy atom. The molecule has 0 bridgehead atoms. The maximum absolute atomic E-state index is 12.7. The van der Waals surface area contributed by atoms with Crippen LogP contribution < -0.4 is 10.5 Å². The summed E-state index contributed by atoms with van der Waals surface area (Å²) in [6.45, 7) is 5.84. The van der Waals surface area contributed by atoms with Crippen LogP contribution in [0.4, 0.5) is 5.69 Å². The molecule has 2 N–H and O–H groups in total. The van der Waals surface area contributed by atoms with E-state index in [-0.39, 0.29) is 5.78 Å². The average Bonchev–Trinajstić information content (AvgIpc) is 2.42. The first-order valence-corrected chi connectivity index (χ1v) is 6.50. The first-order chi connectivity index (χ1) is 9.45. The molecule has 2 aromatic carbocycles. The van der Waals surface area contributed by atoms with Gasteiger partial charge in [0, 0.05) is 16.8 Å². The van der Waals surface area contributed by atoms with Crippen LogP contribution in [0, 0.1) is 20.8 Å². The molecule has 20 heavy (non-hydrogen) atoms. The standard InChI is InChI=1S/C17H19NO2/c1-10-8-15(20-4)11(2)12(3)16(10)17(19)13-6-5-7-14(18)9-13/h5-9H,18H2,1-4H3. The SMILES string of the molecule is COc1cc(C)c(C(=O)c2cccc(N)c2)c(C)c1C. The lowest BCUT2D eigenvalue weighted by molar-refractivity contribution is 0.103. The van der Waals surface area contributed by atoms with Crippen molar-refractivity contribution in [2.45, 2.75) is 20.8 Å². The molecule has 104 valence electrons. The van der Waals surface area contributed by atoms with Gasteiger partial charge in [0.2, 0.25) is 0 Å². The molecule has 2 rings (SSSR count). The van der Waals surface area contributed by atoms with Crippen LogP contribution in [-0.4, -0.2) is 12.9 Å². The van der Waals surface area contributed by atoms with E-state index in [1.54, 1.807) is 31.4 Å². The highest BCUT2D eigenvalue weighted by molar-refractivity contribution is 6.11. The van der Waals surface area contributed by atoms with Gasteiger partial charge in [-0.25, -0.2) is 0 Å². The second kappa shape index (κ2) is 5.37. The summed E-state index contributed by atoms with van der Waals surface area (Å²) in [5.41, 5.74) is 10.5. The number of ether oxygens (including phenoxy) is 1. The number of carbonyl (C=O) groups is 1. The maximum Gasteiger partial charge on any atom is 0.193 e. The Labute approximate surface area is 119 Å². The first kappa shape index (κ1) is 14.1. The summed E-state index contributed by atoms with van der Waals surface area (Å²) in [6.07, 6.45) is 0. The van der Waals surface area contributed by atoms with Gasteiger partial charge in [0.1, 0.15) is 5.75 Å². The van der Waals surface area contributed by atoms with Gasteiger partial charge in [-0.15, -0.1) is 0 Å². The van der Waals surface area contributed by atoms with E-state index in [1.807, 2.05) is 26.8 Å². The van der Waals surface area contributed by atoms with Gasteiger partial charge < -0.3 is 10.5 Å². The van der Waals surface area contributed by atoms with E-state index in [4.69, 9.17) is 10.5 Å². The zero-order chi connectivity index (χ0) is 14.9. The van der Waals surface area contributed by atoms with Crippen molar-refractivity contribution in [3.8, 4) is 5.75 Å². The number of anilines is 1. The highest BCUT2D eigenvalue weighted by Gasteiger charge is 2.18. The summed E-state index contributed by atoms with van der Waals surface area (Å²) < 4.78 is 5.33. The minimum Gasteiger partial charge on any atom is -0.496 e. The predicted molar refractivity (Wildman–Crippen MR) is 81.5 cm³/mol. The molecule has 0 unspecified atom stereocenters. The third-order valence-electron chi connectivity index (χ3n) is 3.64. The molecule has 0 spiro atoms. The molecule has 0 radical (unpaired) electrons. The van der Waals surface area contributed by atoms with Gasteiger partial charge in [0.25, 0.3) is 0 Å². The average molecular weight is 269 g/mol. The molecule has 2 aromatic rings. The predicted octanol–water partition coefficient (Wildman–Crippen LogP) is 3.43. The van der Waals surface area contributed by atoms with Crippen molar-refractivity contribution in [2.24, 2.45) is 0 Å². The highest BCUT2D eigenvalue weighted by Crippen LogP contribution is 2.29. The molecule has 0 fully saturated rings. The topological polar surface area (TPSA) is 52.3 Å². The van der Waals surface area contributed by atoms with Crippen molar-refractivity contribution in [3.05, 3.63) is 58.1 Å². The number of nitrogen functional groups attached to an aromatic ring is 1. The molecule has 0 aliphatic heterocycles. The number of aryl methyl sites for hydroxylation is 1. The fourth-order valence-corrected chi connectivity index (χ4v) is 2.43. The summed E-state index contributed by atoms with van der Waals surface area (Å²) in [5.74, 6) is 0.808. The van der Waals surface area contributed by atoms with Gasteiger partial charge >= 0.3 is 0 Å². The van der Waals surface area contributed by atoms with E-state index in [0.717, 1.165) is 28.0 Å². The van der Waals surface area contributed by atoms with Crippen LogP contribution in [0.2, 0.25) is 0 Å². The molecule has 0 atom stereocenters. The van der Waals surface area contributed by atoms with Crippen molar-refractivity contribution < 1.29 is 9.53 Å². The van der Waals surface area contributed by atoms with Crippen molar-refractivity contribution in [2.75, 3.05) is 12.8 Å². The van der Waals surface area contributed by atoms with Crippen LogP contribution in [0.1, 0.15) is 32.6 Å². The third-order valence-corrected chi connectivity index (χ3v) is 3.64. The number of hydrogen-bond donors (Lipinski definition) is 1. The normalized spacial score (nSPS) is 10.4. The first-order valence-electron chi connectivity index (χ1n) is 6.50. The Morgan fingerprint density at radius 2 is 1.80 bits per heavy atom. The molecule has 0 heterocycles. The Morgan fingerprint density at radius 3 is 2.40 bits per heavy atom. The van der Waals surface area contributed by atoms with Crippen LogP contribution in [0.3, 0.4) is 0 Å². The lowest BCUT2D eigenvalue weighted by Gasteiger charge is -2.15. The van der Waals surface area contributed by atoms with E-state index >= 15 is 0 Å². The monoisotopic (exact) mass is 269 g/mol. The van der Waals surface area contributed by atoms with E-state index in [1.165, 1.54) is 0 Å². The molecular formula is C17H19NO2.